The Bertz CT molecular complexity index is 567. The molecule has 2 heterocycles. The first-order chi connectivity index (χ1) is 10.9. The molecule has 3 rings (SSSR count). The molecule has 1 amide bonds. The molecule has 126 valence electrons. The minimum atomic E-state index is -4.42. The van der Waals surface area contributed by atoms with Crippen molar-refractivity contribution in [2.45, 2.75) is 37.9 Å². The van der Waals surface area contributed by atoms with E-state index < -0.39 is 11.7 Å². The Hall–Kier alpha value is -1.56. The second-order valence-corrected chi connectivity index (χ2v) is 6.37. The fraction of sp³-hybridized carbons (Fsp3) is 0.588. The number of carbonyl (C=O) groups is 1. The minimum Gasteiger partial charge on any atom is -0.337 e. The number of halogens is 3. The predicted molar refractivity (Wildman–Crippen MR) is 81.2 cm³/mol. The molecule has 3 nitrogen and oxygen atoms in total. The molecule has 1 unspecified atom stereocenters. The fourth-order valence-electron chi connectivity index (χ4n) is 3.56. The first-order valence-corrected chi connectivity index (χ1v) is 8.16. The maximum atomic E-state index is 12.8. The molecule has 0 radical (unpaired) electrons. The van der Waals surface area contributed by atoms with Crippen molar-refractivity contribution in [2.24, 2.45) is 0 Å². The van der Waals surface area contributed by atoms with E-state index in [4.69, 9.17) is 0 Å². The van der Waals surface area contributed by atoms with E-state index in [0.717, 1.165) is 38.1 Å². The van der Waals surface area contributed by atoms with Gasteiger partial charge >= 0.3 is 6.18 Å². The van der Waals surface area contributed by atoms with Gasteiger partial charge < -0.3 is 4.90 Å². The molecular formula is C17H21F3N2O. The maximum absolute atomic E-state index is 12.8. The normalized spacial score (nSPS) is 23.3. The summed E-state index contributed by atoms with van der Waals surface area (Å²) in [7, 11) is 0. The zero-order valence-electron chi connectivity index (χ0n) is 13.0. The van der Waals surface area contributed by atoms with Gasteiger partial charge in [0.2, 0.25) is 0 Å². The Morgan fingerprint density at radius 1 is 1.09 bits per heavy atom. The summed E-state index contributed by atoms with van der Waals surface area (Å²) in [6, 6.07) is 5.08. The van der Waals surface area contributed by atoms with Crippen molar-refractivity contribution in [1.82, 2.24) is 9.80 Å². The van der Waals surface area contributed by atoms with E-state index >= 15 is 0 Å². The van der Waals surface area contributed by atoms with Gasteiger partial charge in [0.05, 0.1) is 5.56 Å². The molecule has 0 saturated carbocycles. The average molecular weight is 326 g/mol. The number of alkyl halides is 3. The Morgan fingerprint density at radius 2 is 1.83 bits per heavy atom. The van der Waals surface area contributed by atoms with E-state index in [1.165, 1.54) is 25.0 Å². The first-order valence-electron chi connectivity index (χ1n) is 8.16. The molecule has 0 bridgehead atoms. The van der Waals surface area contributed by atoms with Crippen LogP contribution in [-0.4, -0.2) is 47.9 Å². The molecule has 6 heteroatoms. The zero-order chi connectivity index (χ0) is 16.4. The monoisotopic (exact) mass is 326 g/mol. The lowest BCUT2D eigenvalue weighted by atomic mass is 10.0. The van der Waals surface area contributed by atoms with Crippen LogP contribution in [0.1, 0.15) is 41.6 Å². The lowest BCUT2D eigenvalue weighted by Gasteiger charge is -2.37. The summed E-state index contributed by atoms with van der Waals surface area (Å²) in [5, 5.41) is 0. The van der Waals surface area contributed by atoms with Crippen LogP contribution < -0.4 is 0 Å². The molecule has 23 heavy (non-hydrogen) atoms. The van der Waals surface area contributed by atoms with Crippen LogP contribution in [0.3, 0.4) is 0 Å². The van der Waals surface area contributed by atoms with Crippen LogP contribution in [0.5, 0.6) is 0 Å². The molecule has 0 aromatic heterocycles. The third kappa shape index (κ3) is 3.68. The average Bonchev–Trinajstić information content (AvgIpc) is 3.08. The highest BCUT2D eigenvalue weighted by Gasteiger charge is 2.33. The maximum Gasteiger partial charge on any atom is 0.416 e. The number of amides is 1. The molecule has 1 atom stereocenters. The summed E-state index contributed by atoms with van der Waals surface area (Å²) in [6.45, 7) is 3.38. The van der Waals surface area contributed by atoms with Gasteiger partial charge in [0.1, 0.15) is 0 Å². The van der Waals surface area contributed by atoms with Gasteiger partial charge in [0.25, 0.3) is 5.91 Å². The highest BCUT2D eigenvalue weighted by molar-refractivity contribution is 5.94. The summed E-state index contributed by atoms with van der Waals surface area (Å²) in [5.74, 6) is -0.292. The number of rotatable bonds is 2. The summed E-state index contributed by atoms with van der Waals surface area (Å²) in [4.78, 5) is 16.7. The first kappa shape index (κ1) is 16.3. The molecule has 0 aliphatic carbocycles. The summed E-state index contributed by atoms with van der Waals surface area (Å²) in [5.41, 5.74) is -0.640. The predicted octanol–water partition coefficient (Wildman–Crippen LogP) is 3.41. The summed E-state index contributed by atoms with van der Waals surface area (Å²) >= 11 is 0. The summed E-state index contributed by atoms with van der Waals surface area (Å²) in [6.07, 6.45) is -0.0648. The van der Waals surface area contributed by atoms with Crippen LogP contribution in [0.25, 0.3) is 0 Å². The van der Waals surface area contributed by atoms with Gasteiger partial charge in [-0.2, -0.15) is 13.2 Å². The van der Waals surface area contributed by atoms with Gasteiger partial charge in [-0.25, -0.2) is 0 Å². The van der Waals surface area contributed by atoms with Crippen LogP contribution in [0.2, 0.25) is 0 Å². The number of hydrogen-bond acceptors (Lipinski definition) is 2. The number of likely N-dealkylation sites (tertiary alicyclic amines) is 2. The van der Waals surface area contributed by atoms with E-state index in [0.29, 0.717) is 19.1 Å². The fourth-order valence-corrected chi connectivity index (χ4v) is 3.56. The SMILES string of the molecule is O=C(c1cccc(C(F)(F)F)c1)N1CCCC(N2CCCC2)C1. The zero-order valence-corrected chi connectivity index (χ0v) is 13.0. The highest BCUT2D eigenvalue weighted by Crippen LogP contribution is 2.30. The molecule has 2 saturated heterocycles. The molecular weight excluding hydrogens is 305 g/mol. The molecule has 2 aliphatic rings. The topological polar surface area (TPSA) is 23.6 Å². The standard InChI is InChI=1S/C17H21F3N2O/c18-17(19,20)14-6-3-5-13(11-14)16(23)22-10-4-7-15(12-22)21-8-1-2-9-21/h3,5-6,11,15H,1-2,4,7-10,12H2. The van der Waals surface area contributed by atoms with Crippen molar-refractivity contribution in [3.63, 3.8) is 0 Å². The van der Waals surface area contributed by atoms with Crippen LogP contribution in [0.15, 0.2) is 24.3 Å². The van der Waals surface area contributed by atoms with E-state index in [1.54, 1.807) is 4.90 Å². The van der Waals surface area contributed by atoms with Crippen LogP contribution in [-0.2, 0) is 6.18 Å². The van der Waals surface area contributed by atoms with Crippen LogP contribution >= 0.6 is 0 Å². The molecule has 1 aromatic rings. The summed E-state index contributed by atoms with van der Waals surface area (Å²) < 4.78 is 38.4. The molecule has 0 spiro atoms. The highest BCUT2D eigenvalue weighted by atomic mass is 19.4. The van der Waals surface area contributed by atoms with Gasteiger partial charge in [-0.15, -0.1) is 0 Å². The Balaban J connectivity index is 1.72. The van der Waals surface area contributed by atoms with Crippen LogP contribution in [0.4, 0.5) is 13.2 Å². The van der Waals surface area contributed by atoms with Gasteiger partial charge in [0.15, 0.2) is 0 Å². The van der Waals surface area contributed by atoms with Gasteiger partial charge in [-0.1, -0.05) is 6.07 Å². The Morgan fingerprint density at radius 3 is 2.52 bits per heavy atom. The smallest absolute Gasteiger partial charge is 0.337 e. The number of benzene rings is 1. The number of nitrogens with zero attached hydrogens (tertiary/aromatic N) is 2. The van der Waals surface area contributed by atoms with Gasteiger partial charge in [0, 0.05) is 24.7 Å². The molecule has 2 aliphatic heterocycles. The second-order valence-electron chi connectivity index (χ2n) is 6.37. The van der Waals surface area contributed by atoms with Crippen molar-refractivity contribution in [1.29, 1.82) is 0 Å². The molecule has 1 aromatic carbocycles. The number of hydrogen-bond donors (Lipinski definition) is 0. The second kappa shape index (κ2) is 6.51. The van der Waals surface area contributed by atoms with Crippen LogP contribution in [0, 0.1) is 0 Å². The van der Waals surface area contributed by atoms with Crippen molar-refractivity contribution >= 4 is 5.91 Å². The third-order valence-electron chi connectivity index (χ3n) is 4.78. The van der Waals surface area contributed by atoms with Gasteiger partial charge in [-0.3, -0.25) is 9.69 Å². The van der Waals surface area contributed by atoms with Crippen molar-refractivity contribution in [2.75, 3.05) is 26.2 Å². The van der Waals surface area contributed by atoms with E-state index in [2.05, 4.69) is 4.90 Å². The van der Waals surface area contributed by atoms with E-state index in [9.17, 15) is 18.0 Å². The molecule has 0 N–H and O–H groups in total. The quantitative estimate of drug-likeness (QED) is 0.831. The molecule has 2 fully saturated rings. The Kier molecular flexibility index (Phi) is 4.62. The lowest BCUT2D eigenvalue weighted by molar-refractivity contribution is -0.137. The van der Waals surface area contributed by atoms with Crippen molar-refractivity contribution in [3.8, 4) is 0 Å². The van der Waals surface area contributed by atoms with Gasteiger partial charge in [-0.05, 0) is 57.0 Å². The lowest BCUT2D eigenvalue weighted by Crippen LogP contribution is -2.49. The third-order valence-corrected chi connectivity index (χ3v) is 4.78. The minimum absolute atomic E-state index is 0.127. The van der Waals surface area contributed by atoms with Crippen molar-refractivity contribution in [3.05, 3.63) is 35.4 Å². The Labute approximate surface area is 134 Å². The van der Waals surface area contributed by atoms with E-state index in [1.807, 2.05) is 0 Å². The number of carbonyl (C=O) groups excluding carboxylic acids is 1. The largest absolute Gasteiger partial charge is 0.416 e. The van der Waals surface area contributed by atoms with E-state index in [-0.39, 0.29) is 11.5 Å². The van der Waals surface area contributed by atoms with Crippen molar-refractivity contribution < 1.29 is 18.0 Å². The number of piperidine rings is 1.